The maximum absolute atomic E-state index is 8.96. The Balaban J connectivity index is 2.71. The molecule has 0 saturated carbocycles. The molecule has 1 aromatic carbocycles. The van der Waals surface area contributed by atoms with Crippen LogP contribution in [0.5, 0.6) is 0 Å². The minimum Gasteiger partial charge on any atom is -0.399 e. The van der Waals surface area contributed by atoms with Gasteiger partial charge >= 0.3 is 0 Å². The van der Waals surface area contributed by atoms with Crippen LogP contribution in [-0.2, 0) is 0 Å². The van der Waals surface area contributed by atoms with Crippen molar-refractivity contribution in [3.8, 4) is 0 Å². The first-order valence-corrected chi connectivity index (χ1v) is 3.90. The van der Waals surface area contributed by atoms with Gasteiger partial charge in [0.05, 0.1) is 6.10 Å². The summed E-state index contributed by atoms with van der Waals surface area (Å²) < 4.78 is 0. The fourth-order valence-corrected chi connectivity index (χ4v) is 0.857. The molecule has 2 heteroatoms. The normalized spacial score (nSPS) is 13.5. The van der Waals surface area contributed by atoms with E-state index in [-0.39, 0.29) is 0 Å². The molecule has 0 heterocycles. The van der Waals surface area contributed by atoms with Gasteiger partial charge in [-0.25, -0.2) is 0 Å². The smallest absolute Gasteiger partial charge is 0.0696 e. The zero-order chi connectivity index (χ0) is 8.97. The van der Waals surface area contributed by atoms with E-state index in [1.54, 1.807) is 13.0 Å². The van der Waals surface area contributed by atoms with Crippen molar-refractivity contribution >= 4 is 11.8 Å². The molecule has 1 rings (SSSR count). The van der Waals surface area contributed by atoms with Crippen molar-refractivity contribution in [1.82, 2.24) is 0 Å². The van der Waals surface area contributed by atoms with Crippen LogP contribution in [0.3, 0.4) is 0 Å². The van der Waals surface area contributed by atoms with E-state index in [1.807, 2.05) is 30.3 Å². The van der Waals surface area contributed by atoms with Gasteiger partial charge in [0, 0.05) is 5.69 Å². The van der Waals surface area contributed by atoms with E-state index >= 15 is 0 Å². The van der Waals surface area contributed by atoms with Gasteiger partial charge in [-0.05, 0) is 24.6 Å². The molecule has 2 nitrogen and oxygen atoms in total. The summed E-state index contributed by atoms with van der Waals surface area (Å²) in [6, 6.07) is 7.49. The molecule has 12 heavy (non-hydrogen) atoms. The fraction of sp³-hybridized carbons (Fsp3) is 0.200. The Labute approximate surface area is 72.3 Å². The molecule has 0 radical (unpaired) electrons. The standard InChI is InChI=1S/C10H13NO/c1-8(12)2-3-9-4-6-10(11)7-5-9/h2-8,12H,11H2,1H3/b3-2+. The molecule has 0 spiro atoms. The molecule has 0 aliphatic carbocycles. The summed E-state index contributed by atoms with van der Waals surface area (Å²) in [7, 11) is 0. The lowest BCUT2D eigenvalue weighted by Gasteiger charge is -1.96. The van der Waals surface area contributed by atoms with Gasteiger partial charge in [0.25, 0.3) is 0 Å². The summed E-state index contributed by atoms with van der Waals surface area (Å²) in [6.07, 6.45) is 3.19. The van der Waals surface area contributed by atoms with Crippen molar-refractivity contribution in [2.75, 3.05) is 5.73 Å². The van der Waals surface area contributed by atoms with E-state index in [0.717, 1.165) is 11.3 Å². The van der Waals surface area contributed by atoms with E-state index in [2.05, 4.69) is 0 Å². The monoisotopic (exact) mass is 163 g/mol. The molecule has 0 aliphatic rings. The number of benzene rings is 1. The average molecular weight is 163 g/mol. The molecular formula is C10H13NO. The highest BCUT2D eigenvalue weighted by Crippen LogP contribution is 2.07. The number of anilines is 1. The highest BCUT2D eigenvalue weighted by molar-refractivity contribution is 5.53. The van der Waals surface area contributed by atoms with Crippen molar-refractivity contribution in [3.63, 3.8) is 0 Å². The minimum absolute atomic E-state index is 0.400. The molecular weight excluding hydrogens is 150 g/mol. The van der Waals surface area contributed by atoms with Crippen molar-refractivity contribution in [2.24, 2.45) is 0 Å². The summed E-state index contributed by atoms with van der Waals surface area (Å²) in [6.45, 7) is 1.72. The van der Waals surface area contributed by atoms with Crippen molar-refractivity contribution < 1.29 is 5.11 Å². The van der Waals surface area contributed by atoms with Crippen LogP contribution in [0.25, 0.3) is 6.08 Å². The van der Waals surface area contributed by atoms with Crippen LogP contribution in [0, 0.1) is 0 Å². The number of hydrogen-bond acceptors (Lipinski definition) is 2. The summed E-state index contributed by atoms with van der Waals surface area (Å²) in [4.78, 5) is 0. The van der Waals surface area contributed by atoms with Gasteiger partial charge in [-0.3, -0.25) is 0 Å². The Kier molecular flexibility index (Phi) is 2.88. The Morgan fingerprint density at radius 2 is 1.92 bits per heavy atom. The number of nitrogens with two attached hydrogens (primary N) is 1. The number of nitrogen functional groups attached to an aromatic ring is 1. The second kappa shape index (κ2) is 3.93. The third kappa shape index (κ3) is 2.76. The number of aliphatic hydroxyl groups excluding tert-OH is 1. The van der Waals surface area contributed by atoms with E-state index in [1.165, 1.54) is 0 Å². The lowest BCUT2D eigenvalue weighted by atomic mass is 10.2. The lowest BCUT2D eigenvalue weighted by Crippen LogP contribution is -1.91. The van der Waals surface area contributed by atoms with Gasteiger partial charge in [-0.15, -0.1) is 0 Å². The van der Waals surface area contributed by atoms with Gasteiger partial charge in [0.2, 0.25) is 0 Å². The third-order valence-electron chi connectivity index (χ3n) is 1.50. The topological polar surface area (TPSA) is 46.2 Å². The molecule has 3 N–H and O–H groups in total. The minimum atomic E-state index is -0.400. The van der Waals surface area contributed by atoms with Crippen LogP contribution < -0.4 is 5.73 Å². The SMILES string of the molecule is CC(O)/C=C/c1ccc(N)cc1. The van der Waals surface area contributed by atoms with Crippen molar-refractivity contribution in [1.29, 1.82) is 0 Å². The quantitative estimate of drug-likeness (QED) is 0.651. The first-order valence-electron chi connectivity index (χ1n) is 3.90. The summed E-state index contributed by atoms with van der Waals surface area (Å²) in [5.74, 6) is 0. The predicted octanol–water partition coefficient (Wildman–Crippen LogP) is 1.66. The van der Waals surface area contributed by atoms with Crippen LogP contribution in [0.2, 0.25) is 0 Å². The molecule has 0 bridgehead atoms. The van der Waals surface area contributed by atoms with Crippen LogP contribution in [-0.4, -0.2) is 11.2 Å². The van der Waals surface area contributed by atoms with Gasteiger partial charge in [-0.2, -0.15) is 0 Å². The Bertz CT molecular complexity index is 262. The number of hydrogen-bond donors (Lipinski definition) is 2. The van der Waals surface area contributed by atoms with Crippen LogP contribution in [0.4, 0.5) is 5.69 Å². The highest BCUT2D eigenvalue weighted by Gasteiger charge is 1.88. The zero-order valence-corrected chi connectivity index (χ0v) is 7.07. The number of rotatable bonds is 2. The molecule has 1 unspecified atom stereocenters. The molecule has 0 aliphatic heterocycles. The summed E-state index contributed by atoms with van der Waals surface area (Å²) in [5, 5.41) is 8.96. The second-order valence-corrected chi connectivity index (χ2v) is 2.77. The fourth-order valence-electron chi connectivity index (χ4n) is 0.857. The Morgan fingerprint density at radius 1 is 1.33 bits per heavy atom. The van der Waals surface area contributed by atoms with Gasteiger partial charge in [0.15, 0.2) is 0 Å². The largest absolute Gasteiger partial charge is 0.399 e. The second-order valence-electron chi connectivity index (χ2n) is 2.77. The summed E-state index contributed by atoms with van der Waals surface area (Å²) >= 11 is 0. The molecule has 0 aromatic heterocycles. The van der Waals surface area contributed by atoms with Gasteiger partial charge in [-0.1, -0.05) is 24.3 Å². The lowest BCUT2D eigenvalue weighted by molar-refractivity contribution is 0.245. The first kappa shape index (κ1) is 8.81. The van der Waals surface area contributed by atoms with Gasteiger partial charge < -0.3 is 10.8 Å². The maximum atomic E-state index is 8.96. The number of aliphatic hydroxyl groups is 1. The van der Waals surface area contributed by atoms with E-state index in [4.69, 9.17) is 10.8 Å². The van der Waals surface area contributed by atoms with Crippen LogP contribution in [0.1, 0.15) is 12.5 Å². The molecule has 0 amide bonds. The highest BCUT2D eigenvalue weighted by atomic mass is 16.3. The van der Waals surface area contributed by atoms with Crippen LogP contribution >= 0.6 is 0 Å². The molecule has 1 aromatic rings. The van der Waals surface area contributed by atoms with E-state index < -0.39 is 6.10 Å². The zero-order valence-electron chi connectivity index (χ0n) is 7.07. The van der Waals surface area contributed by atoms with Crippen LogP contribution in [0.15, 0.2) is 30.3 Å². The van der Waals surface area contributed by atoms with E-state index in [0.29, 0.717) is 0 Å². The average Bonchev–Trinajstić information content (AvgIpc) is 2.03. The molecule has 1 atom stereocenters. The molecule has 64 valence electrons. The van der Waals surface area contributed by atoms with Crippen molar-refractivity contribution in [3.05, 3.63) is 35.9 Å². The molecule has 0 fully saturated rings. The Hall–Kier alpha value is -1.28. The van der Waals surface area contributed by atoms with E-state index in [9.17, 15) is 0 Å². The maximum Gasteiger partial charge on any atom is 0.0696 e. The van der Waals surface area contributed by atoms with Crippen molar-refractivity contribution in [2.45, 2.75) is 13.0 Å². The first-order chi connectivity index (χ1) is 5.68. The molecule has 0 saturated heterocycles. The predicted molar refractivity (Wildman–Crippen MR) is 51.6 cm³/mol. The Morgan fingerprint density at radius 3 is 2.42 bits per heavy atom. The third-order valence-corrected chi connectivity index (χ3v) is 1.50. The van der Waals surface area contributed by atoms with Gasteiger partial charge in [0.1, 0.15) is 0 Å². The summed E-state index contributed by atoms with van der Waals surface area (Å²) in [5.41, 5.74) is 7.31.